The first-order chi connectivity index (χ1) is 9.84. The van der Waals surface area contributed by atoms with E-state index < -0.39 is 5.60 Å². The molecule has 1 aliphatic carbocycles. The first-order valence-corrected chi connectivity index (χ1v) is 7.53. The molecule has 118 valence electrons. The third-order valence-electron chi connectivity index (χ3n) is 4.46. The average Bonchev–Trinajstić information content (AvgIpc) is 2.91. The van der Waals surface area contributed by atoms with E-state index in [0.29, 0.717) is 24.2 Å². The van der Waals surface area contributed by atoms with Crippen molar-refractivity contribution in [3.63, 3.8) is 0 Å². The second kappa shape index (κ2) is 6.20. The molecular formula is C16H26N2O3. The third-order valence-corrected chi connectivity index (χ3v) is 4.46. The molecule has 0 aliphatic heterocycles. The molecule has 0 saturated heterocycles. The van der Waals surface area contributed by atoms with Crippen molar-refractivity contribution in [1.82, 2.24) is 10.3 Å². The van der Waals surface area contributed by atoms with Gasteiger partial charge in [-0.15, -0.1) is 0 Å². The van der Waals surface area contributed by atoms with Crippen molar-refractivity contribution in [1.29, 1.82) is 0 Å². The Morgan fingerprint density at radius 2 is 2.00 bits per heavy atom. The predicted molar refractivity (Wildman–Crippen MR) is 81.0 cm³/mol. The average molecular weight is 294 g/mol. The summed E-state index contributed by atoms with van der Waals surface area (Å²) < 4.78 is 4.65. The maximum absolute atomic E-state index is 11.3. The highest BCUT2D eigenvalue weighted by molar-refractivity contribution is 5.87. The van der Waals surface area contributed by atoms with E-state index in [1.165, 1.54) is 7.11 Å². The Labute approximate surface area is 126 Å². The Kier molecular flexibility index (Phi) is 4.74. The number of aliphatic hydroxyl groups is 1. The summed E-state index contributed by atoms with van der Waals surface area (Å²) in [5.41, 5.74) is 1.11. The number of carbonyl (C=O) groups is 1. The van der Waals surface area contributed by atoms with Crippen molar-refractivity contribution in [2.75, 3.05) is 13.7 Å². The Morgan fingerprint density at radius 3 is 2.62 bits per heavy atom. The number of esters is 1. The number of nitrogens with one attached hydrogen (secondary N) is 2. The summed E-state index contributed by atoms with van der Waals surface area (Å²) >= 11 is 0. The minimum atomic E-state index is -0.604. The number of rotatable bonds is 5. The summed E-state index contributed by atoms with van der Waals surface area (Å²) in [5.74, 6) is -0.366. The lowest BCUT2D eigenvalue weighted by Crippen LogP contribution is -2.44. The molecule has 0 unspecified atom stereocenters. The van der Waals surface area contributed by atoms with Gasteiger partial charge in [0.2, 0.25) is 0 Å². The molecule has 1 aromatic rings. The molecule has 5 nitrogen and oxygen atoms in total. The molecule has 0 aromatic carbocycles. The van der Waals surface area contributed by atoms with Gasteiger partial charge in [-0.25, -0.2) is 4.79 Å². The molecule has 3 N–H and O–H groups in total. The van der Waals surface area contributed by atoms with Gasteiger partial charge in [-0.05, 0) is 43.2 Å². The Bertz CT molecular complexity index is 483. The van der Waals surface area contributed by atoms with Gasteiger partial charge in [-0.2, -0.15) is 0 Å². The lowest BCUT2D eigenvalue weighted by molar-refractivity contribution is -0.0245. The van der Waals surface area contributed by atoms with E-state index in [0.717, 1.165) is 31.4 Å². The molecule has 0 spiro atoms. The van der Waals surface area contributed by atoms with E-state index in [1.807, 2.05) is 6.07 Å². The summed E-state index contributed by atoms with van der Waals surface area (Å²) in [7, 11) is 1.36. The molecule has 0 atom stereocenters. The van der Waals surface area contributed by atoms with E-state index >= 15 is 0 Å². The van der Waals surface area contributed by atoms with E-state index in [2.05, 4.69) is 28.9 Å². The summed E-state index contributed by atoms with van der Waals surface area (Å²) in [4.78, 5) is 14.4. The minimum Gasteiger partial charge on any atom is -0.464 e. The van der Waals surface area contributed by atoms with Crippen molar-refractivity contribution < 1.29 is 14.6 Å². The zero-order valence-electron chi connectivity index (χ0n) is 13.2. The number of aromatic amines is 1. The predicted octanol–water partition coefficient (Wildman–Crippen LogP) is 2.22. The summed E-state index contributed by atoms with van der Waals surface area (Å²) in [6.45, 7) is 5.69. The monoisotopic (exact) mass is 294 g/mol. The van der Waals surface area contributed by atoms with Gasteiger partial charge in [-0.3, -0.25) is 0 Å². The fraction of sp³-hybridized carbons (Fsp3) is 0.688. The van der Waals surface area contributed by atoms with Crippen LogP contribution < -0.4 is 5.32 Å². The number of methoxy groups -OCH3 is 1. The fourth-order valence-electron chi connectivity index (χ4n) is 2.77. The Morgan fingerprint density at radius 1 is 1.33 bits per heavy atom. The molecule has 5 heteroatoms. The zero-order valence-corrected chi connectivity index (χ0v) is 13.2. The highest BCUT2D eigenvalue weighted by Crippen LogP contribution is 2.39. The molecule has 1 fully saturated rings. The van der Waals surface area contributed by atoms with Gasteiger partial charge in [-0.1, -0.05) is 13.8 Å². The topological polar surface area (TPSA) is 74.3 Å². The summed E-state index contributed by atoms with van der Waals surface area (Å²) in [5, 5.41) is 13.8. The molecule has 21 heavy (non-hydrogen) atoms. The number of hydrogen-bond acceptors (Lipinski definition) is 4. The van der Waals surface area contributed by atoms with Crippen molar-refractivity contribution in [3.8, 4) is 0 Å². The van der Waals surface area contributed by atoms with Crippen LogP contribution in [0.2, 0.25) is 0 Å². The lowest BCUT2D eigenvalue weighted by atomic mass is 9.71. The first-order valence-electron chi connectivity index (χ1n) is 7.53. The maximum Gasteiger partial charge on any atom is 0.354 e. The first kappa shape index (κ1) is 16.0. The standard InChI is InChI=1S/C16H26N2O3/c1-15(2)6-8-16(20,9-7-15)11-17-10-12-4-5-13(18-12)14(19)21-3/h4-5,17-18,20H,6-11H2,1-3H3. The normalized spacial score (nSPS) is 20.2. The van der Waals surface area contributed by atoms with Crippen LogP contribution in [0.3, 0.4) is 0 Å². The molecule has 1 saturated carbocycles. The van der Waals surface area contributed by atoms with Gasteiger partial charge in [0, 0.05) is 18.8 Å². The summed E-state index contributed by atoms with van der Waals surface area (Å²) in [6, 6.07) is 3.56. The Hall–Kier alpha value is -1.33. The van der Waals surface area contributed by atoms with Gasteiger partial charge < -0.3 is 20.1 Å². The van der Waals surface area contributed by atoms with E-state index in [1.54, 1.807) is 6.07 Å². The molecule has 0 amide bonds. The highest BCUT2D eigenvalue weighted by Gasteiger charge is 2.36. The van der Waals surface area contributed by atoms with E-state index in [4.69, 9.17) is 0 Å². The van der Waals surface area contributed by atoms with Crippen LogP contribution in [0.4, 0.5) is 0 Å². The lowest BCUT2D eigenvalue weighted by Gasteiger charge is -2.40. The van der Waals surface area contributed by atoms with E-state index in [9.17, 15) is 9.90 Å². The largest absolute Gasteiger partial charge is 0.464 e. The quantitative estimate of drug-likeness (QED) is 0.728. The molecule has 2 rings (SSSR count). The van der Waals surface area contributed by atoms with Gasteiger partial charge in [0.05, 0.1) is 12.7 Å². The van der Waals surface area contributed by atoms with Crippen LogP contribution in [0.5, 0.6) is 0 Å². The van der Waals surface area contributed by atoms with E-state index in [-0.39, 0.29) is 5.97 Å². The van der Waals surface area contributed by atoms with Crippen molar-refractivity contribution in [2.45, 2.75) is 51.7 Å². The molecular weight excluding hydrogens is 268 g/mol. The molecule has 0 radical (unpaired) electrons. The Balaban J connectivity index is 1.79. The van der Waals surface area contributed by atoms with Crippen molar-refractivity contribution in [3.05, 3.63) is 23.5 Å². The van der Waals surface area contributed by atoms with Crippen LogP contribution in [0.15, 0.2) is 12.1 Å². The van der Waals surface area contributed by atoms with Crippen LogP contribution in [0.25, 0.3) is 0 Å². The van der Waals surface area contributed by atoms with Crippen LogP contribution in [0, 0.1) is 5.41 Å². The van der Waals surface area contributed by atoms with Gasteiger partial charge in [0.25, 0.3) is 0 Å². The third kappa shape index (κ3) is 4.32. The minimum absolute atomic E-state index is 0.348. The van der Waals surface area contributed by atoms with Gasteiger partial charge in [0.15, 0.2) is 0 Å². The molecule has 1 heterocycles. The second-order valence-corrected chi connectivity index (χ2v) is 6.88. The van der Waals surface area contributed by atoms with Crippen LogP contribution in [-0.4, -0.2) is 35.3 Å². The SMILES string of the molecule is COC(=O)c1ccc(CNCC2(O)CCC(C)(C)CC2)[nH]1. The van der Waals surface area contributed by atoms with Crippen molar-refractivity contribution >= 4 is 5.97 Å². The fourth-order valence-corrected chi connectivity index (χ4v) is 2.77. The molecule has 0 bridgehead atoms. The molecule has 1 aliphatic rings. The van der Waals surface area contributed by atoms with Crippen LogP contribution in [0.1, 0.15) is 55.7 Å². The zero-order chi connectivity index (χ0) is 15.5. The van der Waals surface area contributed by atoms with Gasteiger partial charge >= 0.3 is 5.97 Å². The van der Waals surface area contributed by atoms with Crippen molar-refractivity contribution in [2.24, 2.45) is 5.41 Å². The smallest absolute Gasteiger partial charge is 0.354 e. The molecule has 1 aromatic heterocycles. The van der Waals surface area contributed by atoms with Gasteiger partial charge in [0.1, 0.15) is 5.69 Å². The second-order valence-electron chi connectivity index (χ2n) is 6.88. The van der Waals surface area contributed by atoms with Crippen LogP contribution in [-0.2, 0) is 11.3 Å². The number of H-pyrrole nitrogens is 1. The summed E-state index contributed by atoms with van der Waals surface area (Å²) in [6.07, 6.45) is 3.79. The maximum atomic E-state index is 11.3. The number of aromatic nitrogens is 1. The highest BCUT2D eigenvalue weighted by atomic mass is 16.5. The number of carbonyl (C=O) groups excluding carboxylic acids is 1. The number of hydrogen-bond donors (Lipinski definition) is 3. The number of ether oxygens (including phenoxy) is 1. The van der Waals surface area contributed by atoms with Crippen LogP contribution >= 0.6 is 0 Å².